The van der Waals surface area contributed by atoms with Crippen LogP contribution in [0.3, 0.4) is 0 Å². The van der Waals surface area contributed by atoms with E-state index in [4.69, 9.17) is 0 Å². The number of hydrogen-bond donors (Lipinski definition) is 1. The Labute approximate surface area is 153 Å². The van der Waals surface area contributed by atoms with Gasteiger partial charge in [-0.3, -0.25) is 18.7 Å². The van der Waals surface area contributed by atoms with Crippen LogP contribution in [0.5, 0.6) is 0 Å². The van der Waals surface area contributed by atoms with Crippen molar-refractivity contribution in [2.45, 2.75) is 0 Å². The summed E-state index contributed by atoms with van der Waals surface area (Å²) in [5, 5.41) is 5.05. The number of rotatable bonds is 2. The summed E-state index contributed by atoms with van der Waals surface area (Å²) in [6.45, 7) is 0. The van der Waals surface area contributed by atoms with Crippen molar-refractivity contribution in [3.8, 4) is 0 Å². The lowest BCUT2D eigenvalue weighted by Gasteiger charge is -2.10. The Morgan fingerprint density at radius 3 is 2.44 bits per heavy atom. The Morgan fingerprint density at radius 2 is 1.63 bits per heavy atom. The third kappa shape index (κ3) is 2.69. The highest BCUT2D eigenvalue weighted by atomic mass is 16.2. The Kier molecular flexibility index (Phi) is 3.84. The zero-order chi connectivity index (χ0) is 19.1. The van der Waals surface area contributed by atoms with Crippen LogP contribution in [0.15, 0.2) is 64.2 Å². The minimum Gasteiger partial charge on any atom is -0.320 e. The lowest BCUT2D eigenvalue weighted by atomic mass is 10.1. The van der Waals surface area contributed by atoms with Crippen LogP contribution in [0.2, 0.25) is 0 Å². The van der Waals surface area contributed by atoms with E-state index in [1.54, 1.807) is 0 Å². The number of pyridine rings is 1. The molecule has 1 amide bonds. The van der Waals surface area contributed by atoms with Gasteiger partial charge in [-0.2, -0.15) is 0 Å². The van der Waals surface area contributed by atoms with Gasteiger partial charge in [-0.15, -0.1) is 0 Å². The van der Waals surface area contributed by atoms with Crippen molar-refractivity contribution in [1.29, 1.82) is 0 Å². The van der Waals surface area contributed by atoms with E-state index in [1.807, 2.05) is 42.5 Å². The fourth-order valence-electron chi connectivity index (χ4n) is 3.10. The molecular weight excluding hydrogens is 344 g/mol. The molecular formula is C20H16N4O3. The van der Waals surface area contributed by atoms with Gasteiger partial charge < -0.3 is 5.32 Å². The maximum absolute atomic E-state index is 12.7. The second-order valence-electron chi connectivity index (χ2n) is 6.25. The number of carbonyl (C=O) groups excluding carboxylic acids is 1. The van der Waals surface area contributed by atoms with Crippen molar-refractivity contribution in [2.75, 3.05) is 5.32 Å². The number of aryl methyl sites for hydroxylation is 1. The number of fused-ring (bicyclic) bond motifs is 2. The predicted octanol–water partition coefficient (Wildman–Crippen LogP) is 2.04. The molecule has 0 aliphatic heterocycles. The molecule has 0 saturated heterocycles. The molecule has 0 aliphatic rings. The third-order valence-electron chi connectivity index (χ3n) is 4.57. The van der Waals surface area contributed by atoms with Crippen molar-refractivity contribution in [3.05, 3.63) is 81.1 Å². The molecule has 7 heteroatoms. The smallest absolute Gasteiger partial charge is 0.320 e. The van der Waals surface area contributed by atoms with Crippen molar-refractivity contribution in [1.82, 2.24) is 14.1 Å². The topological polar surface area (TPSA) is 86.0 Å². The maximum atomic E-state index is 12.7. The Bertz CT molecular complexity index is 1330. The molecule has 27 heavy (non-hydrogen) atoms. The summed E-state index contributed by atoms with van der Waals surface area (Å²) in [6.07, 6.45) is 0. The van der Waals surface area contributed by atoms with Crippen LogP contribution in [0.4, 0.5) is 5.69 Å². The Hall–Kier alpha value is -3.74. The average molecular weight is 360 g/mol. The van der Waals surface area contributed by atoms with Gasteiger partial charge in [0.2, 0.25) is 0 Å². The molecule has 7 nitrogen and oxygen atoms in total. The quantitative estimate of drug-likeness (QED) is 0.593. The lowest BCUT2D eigenvalue weighted by molar-refractivity contribution is 0.102. The molecule has 1 N–H and O–H groups in total. The summed E-state index contributed by atoms with van der Waals surface area (Å²) in [4.78, 5) is 41.3. The van der Waals surface area contributed by atoms with Crippen molar-refractivity contribution >= 4 is 33.4 Å². The summed E-state index contributed by atoms with van der Waals surface area (Å²) >= 11 is 0. The van der Waals surface area contributed by atoms with Gasteiger partial charge in [-0.1, -0.05) is 36.4 Å². The molecule has 2 heterocycles. The standard InChI is InChI=1S/C20H16N4O3/c1-23-17-14(19(26)24(2)20(23)27)10-11-16(21-17)18(25)22-15-9-5-7-12-6-3-4-8-13(12)15/h3-11H,1-2H3,(H,22,25). The van der Waals surface area contributed by atoms with E-state index in [2.05, 4.69) is 10.3 Å². The summed E-state index contributed by atoms with van der Waals surface area (Å²) < 4.78 is 2.27. The Balaban J connectivity index is 1.79. The van der Waals surface area contributed by atoms with Crippen molar-refractivity contribution < 1.29 is 4.79 Å². The second-order valence-corrected chi connectivity index (χ2v) is 6.25. The largest absolute Gasteiger partial charge is 0.332 e. The predicted molar refractivity (Wildman–Crippen MR) is 104 cm³/mol. The fraction of sp³-hybridized carbons (Fsp3) is 0.100. The van der Waals surface area contributed by atoms with E-state index in [-0.39, 0.29) is 16.7 Å². The second kappa shape index (κ2) is 6.21. The van der Waals surface area contributed by atoms with Crippen LogP contribution in [0.25, 0.3) is 21.8 Å². The molecule has 134 valence electrons. The van der Waals surface area contributed by atoms with Crippen LogP contribution >= 0.6 is 0 Å². The number of nitrogens with zero attached hydrogens (tertiary/aromatic N) is 3. The molecule has 0 fully saturated rings. The van der Waals surface area contributed by atoms with E-state index in [0.717, 1.165) is 15.3 Å². The minimum absolute atomic E-state index is 0.124. The summed E-state index contributed by atoms with van der Waals surface area (Å²) in [5.41, 5.74) is 0.0263. The molecule has 4 aromatic rings. The highest BCUT2D eigenvalue weighted by molar-refractivity contribution is 6.08. The van der Waals surface area contributed by atoms with Crippen molar-refractivity contribution in [2.24, 2.45) is 14.1 Å². The zero-order valence-corrected chi connectivity index (χ0v) is 14.8. The molecule has 0 radical (unpaired) electrons. The van der Waals surface area contributed by atoms with Gasteiger partial charge >= 0.3 is 5.69 Å². The monoisotopic (exact) mass is 360 g/mol. The van der Waals surface area contributed by atoms with Gasteiger partial charge in [0.1, 0.15) is 11.3 Å². The molecule has 0 spiro atoms. The summed E-state index contributed by atoms with van der Waals surface area (Å²) in [6, 6.07) is 16.3. The summed E-state index contributed by atoms with van der Waals surface area (Å²) in [7, 11) is 2.93. The van der Waals surface area contributed by atoms with Gasteiger partial charge in [0.05, 0.1) is 5.39 Å². The number of aromatic nitrogens is 3. The third-order valence-corrected chi connectivity index (χ3v) is 4.57. The van der Waals surface area contributed by atoms with Crippen LogP contribution in [0.1, 0.15) is 10.5 Å². The molecule has 4 rings (SSSR count). The minimum atomic E-state index is -0.494. The molecule has 0 bridgehead atoms. The first-order chi connectivity index (χ1) is 13.0. The normalized spacial score (nSPS) is 11.0. The first-order valence-electron chi connectivity index (χ1n) is 8.33. The van der Waals surface area contributed by atoms with Gasteiger partial charge in [-0.25, -0.2) is 9.78 Å². The molecule has 0 aliphatic carbocycles. The number of benzene rings is 2. The SMILES string of the molecule is Cn1c(=O)c2ccc(C(=O)Nc3cccc4ccccc34)nc2n(C)c1=O. The lowest BCUT2D eigenvalue weighted by Crippen LogP contribution is -2.37. The van der Waals surface area contributed by atoms with E-state index < -0.39 is 17.2 Å². The van der Waals surface area contributed by atoms with E-state index in [1.165, 1.54) is 30.8 Å². The van der Waals surface area contributed by atoms with Crippen LogP contribution in [-0.4, -0.2) is 20.0 Å². The van der Waals surface area contributed by atoms with E-state index in [0.29, 0.717) is 5.69 Å². The highest BCUT2D eigenvalue weighted by Gasteiger charge is 2.14. The zero-order valence-electron chi connectivity index (χ0n) is 14.8. The highest BCUT2D eigenvalue weighted by Crippen LogP contribution is 2.23. The Morgan fingerprint density at radius 1 is 0.889 bits per heavy atom. The van der Waals surface area contributed by atoms with Gasteiger partial charge in [-0.05, 0) is 23.6 Å². The number of nitrogens with one attached hydrogen (secondary N) is 1. The van der Waals surface area contributed by atoms with E-state index in [9.17, 15) is 14.4 Å². The van der Waals surface area contributed by atoms with Gasteiger partial charge in [0.25, 0.3) is 11.5 Å². The molecule has 0 atom stereocenters. The number of amides is 1. The molecule has 0 unspecified atom stereocenters. The van der Waals surface area contributed by atoms with E-state index >= 15 is 0 Å². The summed E-state index contributed by atoms with van der Waals surface area (Å²) in [5.74, 6) is -0.415. The number of anilines is 1. The van der Waals surface area contributed by atoms with Crippen LogP contribution in [-0.2, 0) is 14.1 Å². The van der Waals surface area contributed by atoms with Crippen molar-refractivity contribution in [3.63, 3.8) is 0 Å². The first kappa shape index (κ1) is 16.7. The number of hydrogen-bond acceptors (Lipinski definition) is 4. The van der Waals surface area contributed by atoms with Crippen LogP contribution < -0.4 is 16.6 Å². The average Bonchev–Trinajstić information content (AvgIpc) is 2.70. The molecule has 2 aromatic heterocycles. The number of carbonyl (C=O) groups is 1. The van der Waals surface area contributed by atoms with Gasteiger partial charge in [0.15, 0.2) is 0 Å². The maximum Gasteiger partial charge on any atom is 0.332 e. The fourth-order valence-corrected chi connectivity index (χ4v) is 3.10. The first-order valence-corrected chi connectivity index (χ1v) is 8.33. The molecule has 2 aromatic carbocycles. The van der Waals surface area contributed by atoms with Crippen LogP contribution in [0, 0.1) is 0 Å². The van der Waals surface area contributed by atoms with Gasteiger partial charge in [0, 0.05) is 25.2 Å². The molecule has 0 saturated carbocycles.